The number of hydrogen-bond acceptors (Lipinski definition) is 3. The Balaban J connectivity index is 1.67. The van der Waals surface area contributed by atoms with Crippen molar-refractivity contribution in [2.45, 2.75) is 83.8 Å². The van der Waals surface area contributed by atoms with Gasteiger partial charge >= 0.3 is 0 Å². The van der Waals surface area contributed by atoms with Crippen LogP contribution in [0.4, 0.5) is 0 Å². The van der Waals surface area contributed by atoms with Gasteiger partial charge < -0.3 is 15.0 Å². The second kappa shape index (κ2) is 13.7. The molecule has 190 valence electrons. The second-order valence-electron chi connectivity index (χ2n) is 9.29. The molecular formula is C28H36Cl2N2O3. The Morgan fingerprint density at radius 3 is 2.46 bits per heavy atom. The fourth-order valence-electron chi connectivity index (χ4n) is 4.49. The maximum atomic E-state index is 13.4. The summed E-state index contributed by atoms with van der Waals surface area (Å²) in [5.74, 6) is 0.606. The summed E-state index contributed by atoms with van der Waals surface area (Å²) >= 11 is 12.5. The number of halogens is 2. The fourth-order valence-corrected chi connectivity index (χ4v) is 4.96. The third-order valence-corrected chi connectivity index (χ3v) is 7.10. The van der Waals surface area contributed by atoms with Gasteiger partial charge in [0.2, 0.25) is 11.8 Å². The lowest BCUT2D eigenvalue weighted by Crippen LogP contribution is -2.51. The minimum absolute atomic E-state index is 0.0887. The van der Waals surface area contributed by atoms with Gasteiger partial charge in [-0.2, -0.15) is 0 Å². The van der Waals surface area contributed by atoms with Crippen LogP contribution in [0.1, 0.15) is 69.4 Å². The third kappa shape index (κ3) is 8.43. The van der Waals surface area contributed by atoms with E-state index in [1.165, 1.54) is 12.0 Å². The van der Waals surface area contributed by atoms with Crippen LogP contribution >= 0.6 is 23.2 Å². The zero-order valence-corrected chi connectivity index (χ0v) is 22.2. The molecule has 0 radical (unpaired) electrons. The standard InChI is InChI=1S/C28H36Cl2N2O3/c1-3-26(28(34)31-23-8-5-4-6-9-23)32(19-21-13-14-22(29)18-25(21)30)27(33)10-7-17-35-24-15-11-20(2)12-16-24/h11-16,18,23,26H,3-10,17,19H2,1-2H3,(H,31,34). The summed E-state index contributed by atoms with van der Waals surface area (Å²) in [5.41, 5.74) is 1.94. The minimum atomic E-state index is -0.561. The van der Waals surface area contributed by atoms with Crippen molar-refractivity contribution in [3.8, 4) is 5.75 Å². The van der Waals surface area contributed by atoms with E-state index in [4.69, 9.17) is 27.9 Å². The maximum Gasteiger partial charge on any atom is 0.243 e. The lowest BCUT2D eigenvalue weighted by atomic mass is 9.95. The van der Waals surface area contributed by atoms with Gasteiger partial charge in [0.25, 0.3) is 0 Å². The molecule has 1 fully saturated rings. The lowest BCUT2D eigenvalue weighted by Gasteiger charge is -2.33. The van der Waals surface area contributed by atoms with Gasteiger partial charge in [0.15, 0.2) is 0 Å². The molecule has 0 aliphatic heterocycles. The average molecular weight is 520 g/mol. The molecule has 35 heavy (non-hydrogen) atoms. The van der Waals surface area contributed by atoms with Crippen molar-refractivity contribution in [3.05, 3.63) is 63.6 Å². The molecule has 1 atom stereocenters. The van der Waals surface area contributed by atoms with Gasteiger partial charge in [-0.3, -0.25) is 9.59 Å². The number of rotatable bonds is 11. The van der Waals surface area contributed by atoms with Crippen LogP contribution in [0.25, 0.3) is 0 Å². The molecule has 0 saturated heterocycles. The molecule has 0 bridgehead atoms. The number of nitrogens with one attached hydrogen (secondary N) is 1. The van der Waals surface area contributed by atoms with Crippen molar-refractivity contribution >= 4 is 35.0 Å². The summed E-state index contributed by atoms with van der Waals surface area (Å²) in [6.45, 7) is 4.65. The molecule has 0 aromatic heterocycles. The summed E-state index contributed by atoms with van der Waals surface area (Å²) in [5, 5.41) is 4.22. The minimum Gasteiger partial charge on any atom is -0.494 e. The monoisotopic (exact) mass is 518 g/mol. The van der Waals surface area contributed by atoms with E-state index in [-0.39, 0.29) is 30.8 Å². The Morgan fingerprint density at radius 1 is 1.09 bits per heavy atom. The maximum absolute atomic E-state index is 13.4. The van der Waals surface area contributed by atoms with E-state index in [0.29, 0.717) is 29.5 Å². The van der Waals surface area contributed by atoms with E-state index < -0.39 is 6.04 Å². The SMILES string of the molecule is CCC(C(=O)NC1CCCCC1)N(Cc1ccc(Cl)cc1Cl)C(=O)CCCOc1ccc(C)cc1. The molecular weight excluding hydrogens is 483 g/mol. The summed E-state index contributed by atoms with van der Waals surface area (Å²) in [7, 11) is 0. The van der Waals surface area contributed by atoms with Crippen molar-refractivity contribution in [2.75, 3.05) is 6.61 Å². The number of benzene rings is 2. The number of amides is 2. The largest absolute Gasteiger partial charge is 0.494 e. The molecule has 7 heteroatoms. The molecule has 1 saturated carbocycles. The van der Waals surface area contributed by atoms with Crippen LogP contribution in [0.2, 0.25) is 10.0 Å². The smallest absolute Gasteiger partial charge is 0.243 e. The zero-order valence-electron chi connectivity index (χ0n) is 20.7. The van der Waals surface area contributed by atoms with Crippen LogP contribution in [0, 0.1) is 6.92 Å². The second-order valence-corrected chi connectivity index (χ2v) is 10.1. The molecule has 0 heterocycles. The van der Waals surface area contributed by atoms with E-state index in [2.05, 4.69) is 5.32 Å². The van der Waals surface area contributed by atoms with Crippen molar-refractivity contribution in [3.63, 3.8) is 0 Å². The van der Waals surface area contributed by atoms with Crippen LogP contribution in [0.3, 0.4) is 0 Å². The van der Waals surface area contributed by atoms with Crippen molar-refractivity contribution < 1.29 is 14.3 Å². The number of carbonyl (C=O) groups is 2. The predicted octanol–water partition coefficient (Wildman–Crippen LogP) is 6.72. The highest BCUT2D eigenvalue weighted by Gasteiger charge is 2.30. The highest BCUT2D eigenvalue weighted by atomic mass is 35.5. The molecule has 0 spiro atoms. The molecule has 2 aromatic rings. The normalized spacial score (nSPS) is 14.9. The van der Waals surface area contributed by atoms with Crippen LogP contribution in [-0.4, -0.2) is 35.4 Å². The Morgan fingerprint density at radius 2 is 1.80 bits per heavy atom. The predicted molar refractivity (Wildman–Crippen MR) is 142 cm³/mol. The number of ether oxygens (including phenoxy) is 1. The number of aryl methyl sites for hydroxylation is 1. The third-order valence-electron chi connectivity index (χ3n) is 6.52. The van der Waals surface area contributed by atoms with Crippen LogP contribution in [0.5, 0.6) is 5.75 Å². The van der Waals surface area contributed by atoms with Gasteiger partial charge in [0.05, 0.1) is 6.61 Å². The first-order valence-electron chi connectivity index (χ1n) is 12.6. The number of nitrogens with zero attached hydrogens (tertiary/aromatic N) is 1. The fraction of sp³-hybridized carbons (Fsp3) is 0.500. The highest BCUT2D eigenvalue weighted by molar-refractivity contribution is 6.35. The van der Waals surface area contributed by atoms with E-state index in [1.807, 2.05) is 44.2 Å². The summed E-state index contributed by atoms with van der Waals surface area (Å²) < 4.78 is 5.79. The first-order chi connectivity index (χ1) is 16.9. The van der Waals surface area contributed by atoms with Gasteiger partial charge in [0, 0.05) is 29.1 Å². The molecule has 1 N–H and O–H groups in total. The zero-order chi connectivity index (χ0) is 25.2. The molecule has 2 aromatic carbocycles. The average Bonchev–Trinajstić information content (AvgIpc) is 2.84. The molecule has 1 unspecified atom stereocenters. The Kier molecular flexibility index (Phi) is 10.7. The quantitative estimate of drug-likeness (QED) is 0.336. The van der Waals surface area contributed by atoms with Crippen molar-refractivity contribution in [2.24, 2.45) is 0 Å². The van der Waals surface area contributed by atoms with E-state index in [0.717, 1.165) is 37.0 Å². The van der Waals surface area contributed by atoms with Crippen LogP contribution < -0.4 is 10.1 Å². The van der Waals surface area contributed by atoms with Crippen LogP contribution in [-0.2, 0) is 16.1 Å². The highest BCUT2D eigenvalue weighted by Crippen LogP contribution is 2.25. The first kappa shape index (κ1) is 27.3. The van der Waals surface area contributed by atoms with Gasteiger partial charge in [-0.15, -0.1) is 0 Å². The number of hydrogen-bond donors (Lipinski definition) is 1. The van der Waals surface area contributed by atoms with Crippen molar-refractivity contribution in [1.29, 1.82) is 0 Å². The molecule has 5 nitrogen and oxygen atoms in total. The summed E-state index contributed by atoms with van der Waals surface area (Å²) in [4.78, 5) is 28.3. The topological polar surface area (TPSA) is 58.6 Å². The first-order valence-corrected chi connectivity index (χ1v) is 13.4. The van der Waals surface area contributed by atoms with E-state index in [1.54, 1.807) is 17.0 Å². The summed E-state index contributed by atoms with van der Waals surface area (Å²) in [6, 6.07) is 12.7. The molecule has 1 aliphatic rings. The Labute approximate surface area is 219 Å². The molecule has 1 aliphatic carbocycles. The van der Waals surface area contributed by atoms with Gasteiger partial charge in [0.1, 0.15) is 11.8 Å². The van der Waals surface area contributed by atoms with Gasteiger partial charge in [-0.1, -0.05) is 73.2 Å². The van der Waals surface area contributed by atoms with Crippen molar-refractivity contribution in [1.82, 2.24) is 10.2 Å². The molecule has 3 rings (SSSR count). The van der Waals surface area contributed by atoms with E-state index in [9.17, 15) is 9.59 Å². The number of carbonyl (C=O) groups excluding carboxylic acids is 2. The Bertz CT molecular complexity index is 975. The van der Waals surface area contributed by atoms with Gasteiger partial charge in [-0.05, 0) is 62.4 Å². The Hall–Kier alpha value is -2.24. The molecule has 2 amide bonds. The lowest BCUT2D eigenvalue weighted by molar-refractivity contribution is -0.142. The van der Waals surface area contributed by atoms with Gasteiger partial charge in [-0.25, -0.2) is 0 Å². The van der Waals surface area contributed by atoms with E-state index >= 15 is 0 Å². The summed E-state index contributed by atoms with van der Waals surface area (Å²) in [6.07, 6.45) is 6.83. The van der Waals surface area contributed by atoms with Crippen LogP contribution in [0.15, 0.2) is 42.5 Å².